The minimum absolute atomic E-state index is 0.330. The van der Waals surface area contributed by atoms with Crippen LogP contribution in [0.3, 0.4) is 0 Å². The summed E-state index contributed by atoms with van der Waals surface area (Å²) in [6, 6.07) is 8.14. The maximum absolute atomic E-state index is 12.2. The lowest BCUT2D eigenvalue weighted by atomic mass is 10.0. The Balaban J connectivity index is 2.43. The lowest BCUT2D eigenvalue weighted by molar-refractivity contribution is 0.0544. The van der Waals surface area contributed by atoms with Gasteiger partial charge in [0.15, 0.2) is 0 Å². The van der Waals surface area contributed by atoms with Crippen molar-refractivity contribution in [3.8, 4) is 0 Å². The van der Waals surface area contributed by atoms with E-state index < -0.39 is 5.60 Å². The number of carbonyl (C=O) groups excluding carboxylic acids is 1. The highest BCUT2D eigenvalue weighted by Crippen LogP contribution is 2.23. The maximum atomic E-state index is 12.2. The summed E-state index contributed by atoms with van der Waals surface area (Å²) < 4.78 is 6.99. The van der Waals surface area contributed by atoms with E-state index in [2.05, 4.69) is 26.0 Å². The van der Waals surface area contributed by atoms with E-state index in [9.17, 15) is 4.79 Å². The number of fused-ring (bicyclic) bond motifs is 1. The van der Waals surface area contributed by atoms with E-state index in [4.69, 9.17) is 4.74 Å². The second-order valence-corrected chi connectivity index (χ2v) is 6.14. The van der Waals surface area contributed by atoms with Crippen molar-refractivity contribution in [1.82, 2.24) is 4.57 Å². The Morgan fingerprint density at radius 3 is 2.47 bits per heavy atom. The van der Waals surface area contributed by atoms with Crippen LogP contribution in [-0.4, -0.2) is 16.3 Å². The molecule has 1 aromatic heterocycles. The summed E-state index contributed by atoms with van der Waals surface area (Å²) >= 11 is 0. The first-order chi connectivity index (χ1) is 8.78. The fourth-order valence-electron chi connectivity index (χ4n) is 1.97. The van der Waals surface area contributed by atoms with Gasteiger partial charge < -0.3 is 4.74 Å². The lowest BCUT2D eigenvalue weighted by Gasteiger charge is -2.20. The summed E-state index contributed by atoms with van der Waals surface area (Å²) in [5.74, 6) is 0.436. The highest BCUT2D eigenvalue weighted by atomic mass is 16.6. The van der Waals surface area contributed by atoms with Crippen LogP contribution < -0.4 is 0 Å². The van der Waals surface area contributed by atoms with Crippen LogP contribution in [0.2, 0.25) is 0 Å². The number of aromatic nitrogens is 1. The van der Waals surface area contributed by atoms with Gasteiger partial charge in [-0.2, -0.15) is 0 Å². The summed E-state index contributed by atoms with van der Waals surface area (Å²) in [6.07, 6.45) is 1.44. The molecule has 102 valence electrons. The van der Waals surface area contributed by atoms with Gasteiger partial charge in [0.1, 0.15) is 5.60 Å². The Morgan fingerprint density at radius 1 is 1.21 bits per heavy atom. The first-order valence-corrected chi connectivity index (χ1v) is 6.62. The van der Waals surface area contributed by atoms with Crippen LogP contribution in [0.5, 0.6) is 0 Å². The normalized spacial score (nSPS) is 12.1. The minimum atomic E-state index is -0.483. The molecule has 0 unspecified atom stereocenters. The molecule has 0 saturated carbocycles. The Bertz CT molecular complexity index is 603. The highest BCUT2D eigenvalue weighted by Gasteiger charge is 2.19. The van der Waals surface area contributed by atoms with Gasteiger partial charge in [0.25, 0.3) is 0 Å². The van der Waals surface area contributed by atoms with Crippen molar-refractivity contribution < 1.29 is 9.53 Å². The molecule has 0 aliphatic heterocycles. The van der Waals surface area contributed by atoms with Crippen LogP contribution in [-0.2, 0) is 4.74 Å². The molecule has 0 fully saturated rings. The predicted octanol–water partition coefficient (Wildman–Crippen LogP) is 4.55. The molecule has 3 nitrogen and oxygen atoms in total. The van der Waals surface area contributed by atoms with Crippen LogP contribution in [0.4, 0.5) is 4.79 Å². The largest absolute Gasteiger partial charge is 0.443 e. The smallest absolute Gasteiger partial charge is 0.418 e. The maximum Gasteiger partial charge on any atom is 0.418 e. The molecule has 0 aliphatic carbocycles. The zero-order chi connectivity index (χ0) is 14.2. The molecule has 0 atom stereocenters. The van der Waals surface area contributed by atoms with Crippen LogP contribution >= 0.6 is 0 Å². The zero-order valence-corrected chi connectivity index (χ0v) is 12.2. The average Bonchev–Trinajstić information content (AvgIpc) is 2.68. The molecule has 3 heteroatoms. The minimum Gasteiger partial charge on any atom is -0.443 e. The third-order valence-electron chi connectivity index (χ3n) is 2.97. The second-order valence-electron chi connectivity index (χ2n) is 6.14. The third kappa shape index (κ3) is 2.98. The van der Waals surface area contributed by atoms with Crippen molar-refractivity contribution >= 4 is 17.0 Å². The molecule has 1 heterocycles. The number of nitrogens with zero attached hydrogens (tertiary/aromatic N) is 1. The Labute approximate surface area is 114 Å². The molecule has 1 aromatic carbocycles. The van der Waals surface area contributed by atoms with Crippen molar-refractivity contribution in [2.45, 2.75) is 46.1 Å². The van der Waals surface area contributed by atoms with E-state index in [1.54, 1.807) is 10.8 Å². The Kier molecular flexibility index (Phi) is 3.40. The molecule has 0 amide bonds. The van der Waals surface area contributed by atoms with Crippen LogP contribution in [0.15, 0.2) is 30.5 Å². The summed E-state index contributed by atoms with van der Waals surface area (Å²) in [6.45, 7) is 9.90. The number of rotatable bonds is 1. The van der Waals surface area contributed by atoms with Gasteiger partial charge in [-0.1, -0.05) is 26.0 Å². The molecule has 0 aliphatic rings. The standard InChI is InChI=1S/C16H21NO2/c1-11(2)13-7-6-12-8-9-17(14(12)10-13)15(18)19-16(3,4)5/h6-11H,1-5H3. The van der Waals surface area contributed by atoms with Gasteiger partial charge in [-0.25, -0.2) is 4.79 Å². The molecule has 0 spiro atoms. The van der Waals surface area contributed by atoms with E-state index in [0.717, 1.165) is 10.9 Å². The monoisotopic (exact) mass is 259 g/mol. The number of hydrogen-bond donors (Lipinski definition) is 0. The lowest BCUT2D eigenvalue weighted by Crippen LogP contribution is -2.26. The highest BCUT2D eigenvalue weighted by molar-refractivity contribution is 5.90. The van der Waals surface area contributed by atoms with Gasteiger partial charge in [-0.15, -0.1) is 0 Å². The molecular formula is C16H21NO2. The molecule has 19 heavy (non-hydrogen) atoms. The SMILES string of the molecule is CC(C)c1ccc2ccn(C(=O)OC(C)(C)C)c2c1. The van der Waals surface area contributed by atoms with E-state index in [1.165, 1.54) is 5.56 Å². The number of carbonyl (C=O) groups is 1. The van der Waals surface area contributed by atoms with Gasteiger partial charge in [0.2, 0.25) is 0 Å². The number of hydrogen-bond acceptors (Lipinski definition) is 2. The summed E-state index contributed by atoms with van der Waals surface area (Å²) in [5.41, 5.74) is 1.64. The van der Waals surface area contributed by atoms with Gasteiger partial charge in [0, 0.05) is 11.6 Å². The predicted molar refractivity (Wildman–Crippen MR) is 77.7 cm³/mol. The van der Waals surface area contributed by atoms with Gasteiger partial charge in [-0.3, -0.25) is 4.57 Å². The van der Waals surface area contributed by atoms with Crippen LogP contribution in [0.25, 0.3) is 10.9 Å². The molecule has 0 radical (unpaired) electrons. The van der Waals surface area contributed by atoms with E-state index in [0.29, 0.717) is 5.92 Å². The Morgan fingerprint density at radius 2 is 1.89 bits per heavy atom. The average molecular weight is 259 g/mol. The molecular weight excluding hydrogens is 238 g/mol. The molecule has 0 saturated heterocycles. The first-order valence-electron chi connectivity index (χ1n) is 6.62. The molecule has 2 rings (SSSR count). The summed E-state index contributed by atoms with van der Waals surface area (Å²) in [4.78, 5) is 12.2. The van der Waals surface area contributed by atoms with E-state index in [1.807, 2.05) is 32.9 Å². The van der Waals surface area contributed by atoms with E-state index >= 15 is 0 Å². The van der Waals surface area contributed by atoms with Gasteiger partial charge >= 0.3 is 6.09 Å². The van der Waals surface area contributed by atoms with E-state index in [-0.39, 0.29) is 6.09 Å². The van der Waals surface area contributed by atoms with Crippen molar-refractivity contribution in [3.05, 3.63) is 36.0 Å². The first kappa shape index (κ1) is 13.7. The third-order valence-corrected chi connectivity index (χ3v) is 2.97. The summed E-state index contributed by atoms with van der Waals surface area (Å²) in [7, 11) is 0. The van der Waals surface area contributed by atoms with Crippen molar-refractivity contribution in [1.29, 1.82) is 0 Å². The quantitative estimate of drug-likeness (QED) is 0.752. The van der Waals surface area contributed by atoms with Crippen molar-refractivity contribution in [3.63, 3.8) is 0 Å². The second kappa shape index (κ2) is 4.72. The molecule has 2 aromatic rings. The molecule has 0 N–H and O–H groups in total. The van der Waals surface area contributed by atoms with Gasteiger partial charge in [0.05, 0.1) is 5.52 Å². The summed E-state index contributed by atoms with van der Waals surface area (Å²) in [5, 5.41) is 1.05. The number of benzene rings is 1. The number of ether oxygens (including phenoxy) is 1. The zero-order valence-electron chi connectivity index (χ0n) is 12.2. The Hall–Kier alpha value is -1.77. The van der Waals surface area contributed by atoms with Crippen molar-refractivity contribution in [2.24, 2.45) is 0 Å². The fourth-order valence-corrected chi connectivity index (χ4v) is 1.97. The van der Waals surface area contributed by atoms with Crippen molar-refractivity contribution in [2.75, 3.05) is 0 Å². The van der Waals surface area contributed by atoms with Gasteiger partial charge in [-0.05, 0) is 44.4 Å². The topological polar surface area (TPSA) is 31.2 Å². The van der Waals surface area contributed by atoms with Crippen LogP contribution in [0.1, 0.15) is 46.1 Å². The molecule has 0 bridgehead atoms. The van der Waals surface area contributed by atoms with Crippen LogP contribution in [0, 0.1) is 0 Å². The fraction of sp³-hybridized carbons (Fsp3) is 0.438.